The highest BCUT2D eigenvalue weighted by molar-refractivity contribution is 5.74. The van der Waals surface area contributed by atoms with Crippen LogP contribution in [0.4, 0.5) is 4.79 Å². The molecule has 3 N–H and O–H groups in total. The van der Waals surface area contributed by atoms with Crippen LogP contribution in [0.3, 0.4) is 0 Å². The van der Waals surface area contributed by atoms with Crippen LogP contribution in [-0.4, -0.2) is 30.3 Å². The molecule has 15 heavy (non-hydrogen) atoms. The minimum absolute atomic E-state index is 0.0362. The van der Waals surface area contributed by atoms with Crippen molar-refractivity contribution < 1.29 is 9.90 Å². The number of aliphatic hydroxyl groups excluding tert-OH is 1. The van der Waals surface area contributed by atoms with Crippen molar-refractivity contribution in [3.05, 3.63) is 0 Å². The maximum atomic E-state index is 11.4. The molecule has 0 aromatic carbocycles. The minimum atomic E-state index is -0.0362. The molecule has 0 atom stereocenters. The molecular formula is C11H22N2O2. The number of rotatable bonds is 6. The summed E-state index contributed by atoms with van der Waals surface area (Å²) >= 11 is 0. The van der Waals surface area contributed by atoms with Gasteiger partial charge in [0.2, 0.25) is 0 Å². The van der Waals surface area contributed by atoms with Crippen molar-refractivity contribution in [3.8, 4) is 0 Å². The molecule has 1 saturated carbocycles. The first-order valence-corrected chi connectivity index (χ1v) is 5.98. The van der Waals surface area contributed by atoms with Crippen molar-refractivity contribution in [3.63, 3.8) is 0 Å². The van der Waals surface area contributed by atoms with Gasteiger partial charge in [0.15, 0.2) is 0 Å². The molecule has 0 aliphatic heterocycles. The van der Waals surface area contributed by atoms with E-state index in [0.29, 0.717) is 12.6 Å². The highest BCUT2D eigenvalue weighted by Crippen LogP contribution is 2.17. The third-order valence-corrected chi connectivity index (χ3v) is 2.81. The molecule has 0 aromatic heterocycles. The molecule has 2 amide bonds. The first-order chi connectivity index (χ1) is 7.33. The Labute approximate surface area is 91.4 Å². The van der Waals surface area contributed by atoms with E-state index >= 15 is 0 Å². The van der Waals surface area contributed by atoms with E-state index in [9.17, 15) is 4.79 Å². The summed E-state index contributed by atoms with van der Waals surface area (Å²) in [4.78, 5) is 11.4. The molecule has 0 bridgehead atoms. The molecule has 1 aliphatic rings. The lowest BCUT2D eigenvalue weighted by Crippen LogP contribution is -2.41. The van der Waals surface area contributed by atoms with Gasteiger partial charge in [0.25, 0.3) is 0 Å². The summed E-state index contributed by atoms with van der Waals surface area (Å²) in [6.45, 7) is 0.951. The molecule has 1 rings (SSSR count). The van der Waals surface area contributed by atoms with Gasteiger partial charge < -0.3 is 15.7 Å². The van der Waals surface area contributed by atoms with Gasteiger partial charge in [-0.25, -0.2) is 4.79 Å². The van der Waals surface area contributed by atoms with Gasteiger partial charge in [0, 0.05) is 19.2 Å². The van der Waals surface area contributed by atoms with Crippen LogP contribution >= 0.6 is 0 Å². The van der Waals surface area contributed by atoms with Crippen LogP contribution in [0, 0.1) is 0 Å². The van der Waals surface area contributed by atoms with E-state index in [1.54, 1.807) is 0 Å². The zero-order valence-corrected chi connectivity index (χ0v) is 9.30. The Morgan fingerprint density at radius 1 is 1.20 bits per heavy atom. The fourth-order valence-electron chi connectivity index (χ4n) is 1.92. The number of aliphatic hydroxyl groups is 1. The second-order valence-electron chi connectivity index (χ2n) is 4.17. The first-order valence-electron chi connectivity index (χ1n) is 5.98. The zero-order valence-electron chi connectivity index (χ0n) is 9.30. The van der Waals surface area contributed by atoms with Gasteiger partial charge in [-0.05, 0) is 32.1 Å². The lowest BCUT2D eigenvalue weighted by Gasteiger charge is -2.12. The topological polar surface area (TPSA) is 61.4 Å². The van der Waals surface area contributed by atoms with Gasteiger partial charge in [-0.3, -0.25) is 0 Å². The van der Waals surface area contributed by atoms with E-state index in [1.807, 2.05) is 0 Å². The Morgan fingerprint density at radius 2 is 1.93 bits per heavy atom. The second-order valence-corrected chi connectivity index (χ2v) is 4.17. The third-order valence-electron chi connectivity index (χ3n) is 2.81. The smallest absolute Gasteiger partial charge is 0.315 e. The van der Waals surface area contributed by atoms with E-state index in [0.717, 1.165) is 32.1 Å². The Morgan fingerprint density at radius 3 is 2.60 bits per heavy atom. The van der Waals surface area contributed by atoms with Crippen molar-refractivity contribution in [2.45, 2.75) is 51.0 Å². The van der Waals surface area contributed by atoms with E-state index < -0.39 is 0 Å². The Kier molecular flexibility index (Phi) is 6.16. The summed E-state index contributed by atoms with van der Waals surface area (Å²) < 4.78 is 0. The highest BCUT2D eigenvalue weighted by Gasteiger charge is 2.16. The third kappa shape index (κ3) is 5.62. The molecule has 0 spiro atoms. The average Bonchev–Trinajstić information content (AvgIpc) is 2.70. The molecule has 0 saturated heterocycles. The Bertz CT molecular complexity index is 179. The van der Waals surface area contributed by atoms with Gasteiger partial charge in [0.1, 0.15) is 0 Å². The molecule has 1 fully saturated rings. The van der Waals surface area contributed by atoms with Crippen molar-refractivity contribution >= 4 is 6.03 Å². The maximum absolute atomic E-state index is 11.4. The van der Waals surface area contributed by atoms with Crippen LogP contribution in [0.25, 0.3) is 0 Å². The number of unbranched alkanes of at least 4 members (excludes halogenated alkanes) is 2. The molecule has 0 aromatic rings. The van der Waals surface area contributed by atoms with Crippen molar-refractivity contribution in [2.24, 2.45) is 0 Å². The minimum Gasteiger partial charge on any atom is -0.396 e. The highest BCUT2D eigenvalue weighted by atomic mass is 16.2. The average molecular weight is 214 g/mol. The molecule has 88 valence electrons. The molecule has 0 heterocycles. The monoisotopic (exact) mass is 214 g/mol. The Hall–Kier alpha value is -0.770. The van der Waals surface area contributed by atoms with E-state index in [1.165, 1.54) is 12.8 Å². The first kappa shape index (κ1) is 12.3. The summed E-state index contributed by atoms with van der Waals surface area (Å²) in [5.41, 5.74) is 0. The molecule has 0 radical (unpaired) electrons. The second kappa shape index (κ2) is 7.51. The lowest BCUT2D eigenvalue weighted by atomic mass is 10.2. The van der Waals surface area contributed by atoms with Crippen LogP contribution in [0.1, 0.15) is 44.9 Å². The van der Waals surface area contributed by atoms with E-state index in [-0.39, 0.29) is 12.6 Å². The fourth-order valence-corrected chi connectivity index (χ4v) is 1.92. The zero-order chi connectivity index (χ0) is 10.9. The number of carbonyl (C=O) groups excluding carboxylic acids is 1. The molecule has 1 aliphatic carbocycles. The van der Waals surface area contributed by atoms with E-state index in [2.05, 4.69) is 10.6 Å². The number of urea groups is 1. The largest absolute Gasteiger partial charge is 0.396 e. The molecular weight excluding hydrogens is 192 g/mol. The predicted octanol–water partition coefficient (Wildman–Crippen LogP) is 1.39. The van der Waals surface area contributed by atoms with Crippen LogP contribution in [-0.2, 0) is 0 Å². The van der Waals surface area contributed by atoms with Crippen molar-refractivity contribution in [1.82, 2.24) is 10.6 Å². The molecule has 4 nitrogen and oxygen atoms in total. The van der Waals surface area contributed by atoms with E-state index in [4.69, 9.17) is 5.11 Å². The number of hydrogen-bond donors (Lipinski definition) is 3. The summed E-state index contributed by atoms with van der Waals surface area (Å²) in [7, 11) is 0. The summed E-state index contributed by atoms with van der Waals surface area (Å²) in [5.74, 6) is 0. The Balaban J connectivity index is 1.93. The van der Waals surface area contributed by atoms with Gasteiger partial charge in [-0.15, -0.1) is 0 Å². The standard InChI is InChI=1S/C11H22N2O2/c14-9-5-1-4-8-12-11(15)13-10-6-2-3-7-10/h10,14H,1-9H2,(H2,12,13,15). The fraction of sp³-hybridized carbons (Fsp3) is 0.909. The quantitative estimate of drug-likeness (QED) is 0.585. The van der Waals surface area contributed by atoms with Crippen molar-refractivity contribution in [2.75, 3.05) is 13.2 Å². The van der Waals surface area contributed by atoms with Crippen LogP contribution in [0.15, 0.2) is 0 Å². The van der Waals surface area contributed by atoms with Gasteiger partial charge in [-0.1, -0.05) is 12.8 Å². The summed E-state index contributed by atoms with van der Waals surface area (Å²) in [6, 6.07) is 0.355. The lowest BCUT2D eigenvalue weighted by molar-refractivity contribution is 0.236. The van der Waals surface area contributed by atoms with Crippen LogP contribution in [0.2, 0.25) is 0 Å². The predicted molar refractivity (Wildman–Crippen MR) is 59.7 cm³/mol. The van der Waals surface area contributed by atoms with Gasteiger partial charge in [-0.2, -0.15) is 0 Å². The van der Waals surface area contributed by atoms with Gasteiger partial charge in [0.05, 0.1) is 0 Å². The van der Waals surface area contributed by atoms with Crippen LogP contribution < -0.4 is 10.6 Å². The summed E-state index contributed by atoms with van der Waals surface area (Å²) in [5, 5.41) is 14.4. The van der Waals surface area contributed by atoms with Gasteiger partial charge >= 0.3 is 6.03 Å². The SMILES string of the molecule is O=C(NCCCCCO)NC1CCCC1. The summed E-state index contributed by atoms with van der Waals surface area (Å²) in [6.07, 6.45) is 7.46. The maximum Gasteiger partial charge on any atom is 0.315 e. The number of hydrogen-bond acceptors (Lipinski definition) is 2. The normalized spacial score (nSPS) is 16.6. The van der Waals surface area contributed by atoms with Crippen LogP contribution in [0.5, 0.6) is 0 Å². The molecule has 4 heteroatoms. The number of nitrogens with one attached hydrogen (secondary N) is 2. The number of amides is 2. The van der Waals surface area contributed by atoms with Crippen molar-refractivity contribution in [1.29, 1.82) is 0 Å². The number of carbonyl (C=O) groups is 1. The molecule has 0 unspecified atom stereocenters.